The molecule has 3 aromatic heterocycles. The van der Waals surface area contributed by atoms with Gasteiger partial charge >= 0.3 is 0 Å². The number of carbonyl (C=O) groups is 1. The van der Waals surface area contributed by atoms with Crippen LogP contribution in [-0.2, 0) is 11.2 Å². The fourth-order valence-electron chi connectivity index (χ4n) is 3.11. The lowest BCUT2D eigenvalue weighted by atomic mass is 10.1. The van der Waals surface area contributed by atoms with Gasteiger partial charge in [-0.1, -0.05) is 12.1 Å². The van der Waals surface area contributed by atoms with E-state index in [4.69, 9.17) is 0 Å². The molecule has 0 fully saturated rings. The quantitative estimate of drug-likeness (QED) is 0.496. The molecular weight excluding hydrogens is 388 g/mol. The summed E-state index contributed by atoms with van der Waals surface area (Å²) in [5, 5.41) is 12.5. The van der Waals surface area contributed by atoms with Crippen molar-refractivity contribution in [1.29, 1.82) is 0 Å². The predicted molar refractivity (Wildman–Crippen MR) is 116 cm³/mol. The number of carbonyl (C=O) groups excluding carboxylic acids is 1. The Morgan fingerprint density at radius 2 is 1.89 bits per heavy atom. The maximum Gasteiger partial charge on any atom is 0.231 e. The zero-order valence-corrected chi connectivity index (χ0v) is 17.5. The highest BCUT2D eigenvalue weighted by Crippen LogP contribution is 2.28. The van der Waals surface area contributed by atoms with Crippen molar-refractivity contribution in [3.05, 3.63) is 69.7 Å². The van der Waals surface area contributed by atoms with Crippen molar-refractivity contribution >= 4 is 34.4 Å². The summed E-state index contributed by atoms with van der Waals surface area (Å²) in [6, 6.07) is 12.2. The number of nitrogens with zero attached hydrogens (tertiary/aromatic N) is 3. The molecule has 0 atom stereocenters. The second kappa shape index (κ2) is 7.69. The first kappa shape index (κ1) is 18.6. The molecular formula is C21H20N4OS2. The van der Waals surface area contributed by atoms with E-state index in [2.05, 4.69) is 47.4 Å². The summed E-state index contributed by atoms with van der Waals surface area (Å²) in [6.45, 7) is 6.03. The van der Waals surface area contributed by atoms with Crippen LogP contribution in [0.5, 0.6) is 0 Å². The van der Waals surface area contributed by atoms with Gasteiger partial charge in [0.05, 0.1) is 28.4 Å². The molecule has 1 aromatic carbocycles. The van der Waals surface area contributed by atoms with E-state index in [0.717, 1.165) is 38.1 Å². The third-order valence-electron chi connectivity index (χ3n) is 4.18. The standard InChI is InChI=1S/C21H20N4OS2/c1-13-7-14(2)9-17(8-13)25-19(10-15(3)24-25)23-20(26)11-16-12-28-21(22-16)18-5-4-6-27-18/h4-10,12H,11H2,1-3H3,(H,23,26). The number of nitrogens with one attached hydrogen (secondary N) is 1. The first-order valence-electron chi connectivity index (χ1n) is 8.91. The van der Waals surface area contributed by atoms with Crippen LogP contribution in [0.15, 0.2) is 47.2 Å². The summed E-state index contributed by atoms with van der Waals surface area (Å²) in [6.07, 6.45) is 0.235. The molecule has 1 N–H and O–H groups in total. The summed E-state index contributed by atoms with van der Waals surface area (Å²) in [4.78, 5) is 18.3. The number of anilines is 1. The van der Waals surface area contributed by atoms with Crippen LogP contribution in [0.4, 0.5) is 5.82 Å². The average Bonchev–Trinajstić information content (AvgIpc) is 3.34. The Kier molecular flexibility index (Phi) is 5.11. The summed E-state index contributed by atoms with van der Waals surface area (Å²) >= 11 is 3.22. The Balaban J connectivity index is 1.52. The van der Waals surface area contributed by atoms with Crippen LogP contribution in [0, 0.1) is 20.8 Å². The SMILES string of the molecule is Cc1cc(C)cc(-n2nc(C)cc2NC(=O)Cc2csc(-c3cccs3)n2)c1. The number of benzene rings is 1. The van der Waals surface area contributed by atoms with Crippen LogP contribution < -0.4 is 5.32 Å². The number of hydrogen-bond donors (Lipinski definition) is 1. The molecule has 7 heteroatoms. The maximum absolute atomic E-state index is 12.6. The molecule has 0 aliphatic rings. The molecule has 0 spiro atoms. The van der Waals surface area contributed by atoms with Crippen molar-refractivity contribution in [3.8, 4) is 15.6 Å². The zero-order valence-electron chi connectivity index (χ0n) is 15.9. The van der Waals surface area contributed by atoms with Crippen molar-refractivity contribution in [1.82, 2.24) is 14.8 Å². The van der Waals surface area contributed by atoms with Gasteiger partial charge in [0.15, 0.2) is 0 Å². The maximum atomic E-state index is 12.6. The lowest BCUT2D eigenvalue weighted by molar-refractivity contribution is -0.115. The third kappa shape index (κ3) is 4.05. The van der Waals surface area contributed by atoms with E-state index in [-0.39, 0.29) is 12.3 Å². The third-order valence-corrected chi connectivity index (χ3v) is 6.11. The van der Waals surface area contributed by atoms with Crippen LogP contribution in [0.25, 0.3) is 15.6 Å². The summed E-state index contributed by atoms with van der Waals surface area (Å²) in [5.41, 5.74) is 4.88. The lowest BCUT2D eigenvalue weighted by Gasteiger charge is -2.10. The van der Waals surface area contributed by atoms with Crippen LogP contribution >= 0.6 is 22.7 Å². The predicted octanol–water partition coefficient (Wildman–Crippen LogP) is 5.16. The monoisotopic (exact) mass is 408 g/mol. The Morgan fingerprint density at radius 3 is 2.61 bits per heavy atom. The highest BCUT2D eigenvalue weighted by Gasteiger charge is 2.14. The molecule has 5 nitrogen and oxygen atoms in total. The Labute approximate surface area is 171 Å². The van der Waals surface area contributed by atoms with Gasteiger partial charge in [0.25, 0.3) is 0 Å². The second-order valence-electron chi connectivity index (χ2n) is 6.77. The van der Waals surface area contributed by atoms with Crippen molar-refractivity contribution < 1.29 is 4.79 Å². The highest BCUT2D eigenvalue weighted by molar-refractivity contribution is 7.20. The van der Waals surface area contributed by atoms with Gasteiger partial charge in [-0.25, -0.2) is 9.67 Å². The average molecular weight is 409 g/mol. The van der Waals surface area contributed by atoms with Gasteiger partial charge in [0.2, 0.25) is 5.91 Å². The van der Waals surface area contributed by atoms with Gasteiger partial charge in [-0.3, -0.25) is 4.79 Å². The van der Waals surface area contributed by atoms with Gasteiger partial charge in [-0.2, -0.15) is 5.10 Å². The lowest BCUT2D eigenvalue weighted by Crippen LogP contribution is -2.17. The summed E-state index contributed by atoms with van der Waals surface area (Å²) in [5.74, 6) is 0.565. The molecule has 3 heterocycles. The molecule has 4 aromatic rings. The van der Waals surface area contributed by atoms with Crippen molar-refractivity contribution in [2.45, 2.75) is 27.2 Å². The largest absolute Gasteiger partial charge is 0.310 e. The first-order valence-corrected chi connectivity index (χ1v) is 10.7. The summed E-state index contributed by atoms with van der Waals surface area (Å²) < 4.78 is 1.78. The molecule has 1 amide bonds. The van der Waals surface area contributed by atoms with E-state index >= 15 is 0 Å². The number of rotatable bonds is 5. The molecule has 0 bridgehead atoms. The van der Waals surface area contributed by atoms with E-state index in [0.29, 0.717) is 5.82 Å². The van der Waals surface area contributed by atoms with Crippen molar-refractivity contribution in [2.75, 3.05) is 5.32 Å². The topological polar surface area (TPSA) is 59.8 Å². The minimum Gasteiger partial charge on any atom is -0.310 e. The van der Waals surface area contributed by atoms with Gasteiger partial charge in [0, 0.05) is 11.4 Å². The van der Waals surface area contributed by atoms with E-state index in [1.54, 1.807) is 27.4 Å². The summed E-state index contributed by atoms with van der Waals surface area (Å²) in [7, 11) is 0. The smallest absolute Gasteiger partial charge is 0.231 e. The van der Waals surface area contributed by atoms with Gasteiger partial charge in [-0.15, -0.1) is 22.7 Å². The Bertz CT molecular complexity index is 1110. The molecule has 28 heavy (non-hydrogen) atoms. The molecule has 0 aliphatic carbocycles. The van der Waals surface area contributed by atoms with Crippen LogP contribution in [0.2, 0.25) is 0 Å². The number of thiazole rings is 1. The van der Waals surface area contributed by atoms with E-state index < -0.39 is 0 Å². The van der Waals surface area contributed by atoms with Gasteiger partial charge in [-0.05, 0) is 55.5 Å². The minimum absolute atomic E-state index is 0.103. The number of aromatic nitrogens is 3. The molecule has 142 valence electrons. The van der Waals surface area contributed by atoms with Crippen LogP contribution in [-0.4, -0.2) is 20.7 Å². The number of hydrogen-bond acceptors (Lipinski definition) is 5. The molecule has 4 rings (SSSR count). The van der Waals surface area contributed by atoms with Crippen LogP contribution in [0.1, 0.15) is 22.5 Å². The fourth-order valence-corrected chi connectivity index (χ4v) is 4.75. The molecule has 0 radical (unpaired) electrons. The number of thiophene rings is 1. The first-order chi connectivity index (χ1) is 13.5. The highest BCUT2D eigenvalue weighted by atomic mass is 32.1. The van der Waals surface area contributed by atoms with Crippen LogP contribution in [0.3, 0.4) is 0 Å². The van der Waals surface area contributed by atoms with Crippen molar-refractivity contribution in [2.24, 2.45) is 0 Å². The Hall–Kier alpha value is -2.77. The molecule has 0 unspecified atom stereocenters. The Morgan fingerprint density at radius 1 is 1.11 bits per heavy atom. The number of amides is 1. The van der Waals surface area contributed by atoms with E-state index in [1.807, 2.05) is 35.9 Å². The second-order valence-corrected chi connectivity index (χ2v) is 8.58. The normalized spacial score (nSPS) is 11.0. The van der Waals surface area contributed by atoms with Gasteiger partial charge < -0.3 is 5.32 Å². The number of aryl methyl sites for hydroxylation is 3. The fraction of sp³-hybridized carbons (Fsp3) is 0.190. The van der Waals surface area contributed by atoms with Gasteiger partial charge in [0.1, 0.15) is 10.8 Å². The van der Waals surface area contributed by atoms with E-state index in [1.165, 1.54) is 0 Å². The van der Waals surface area contributed by atoms with E-state index in [9.17, 15) is 4.79 Å². The molecule has 0 aliphatic heterocycles. The molecule has 0 saturated carbocycles. The minimum atomic E-state index is -0.103. The molecule has 0 saturated heterocycles. The zero-order chi connectivity index (χ0) is 19.7. The van der Waals surface area contributed by atoms with Crippen molar-refractivity contribution in [3.63, 3.8) is 0 Å².